The van der Waals surface area contributed by atoms with Gasteiger partial charge in [0, 0.05) is 6.26 Å². The average molecular weight is 222 g/mol. The molecule has 0 atom stereocenters. The molecule has 0 saturated carbocycles. The second kappa shape index (κ2) is 3.91. The second-order valence-electron chi connectivity index (χ2n) is 2.63. The maximum absolute atomic E-state index is 11.8. The lowest BCUT2D eigenvalue weighted by molar-refractivity contribution is -0.0499. The smallest absolute Gasteiger partial charge is 0.387 e. The SMILES string of the molecule is CS(=O)(=O)c1cccc(OC(F)F)c1. The molecule has 3 nitrogen and oxygen atoms in total. The molecular weight excluding hydrogens is 214 g/mol. The van der Waals surface area contributed by atoms with Gasteiger partial charge in [-0.05, 0) is 18.2 Å². The van der Waals surface area contributed by atoms with Crippen LogP contribution in [0.1, 0.15) is 0 Å². The first-order valence-corrected chi connectivity index (χ1v) is 5.53. The Kier molecular flexibility index (Phi) is 3.05. The maximum Gasteiger partial charge on any atom is 0.387 e. The van der Waals surface area contributed by atoms with E-state index in [4.69, 9.17) is 0 Å². The molecule has 0 aliphatic heterocycles. The molecule has 0 aliphatic carbocycles. The summed E-state index contributed by atoms with van der Waals surface area (Å²) in [4.78, 5) is -0.0457. The summed E-state index contributed by atoms with van der Waals surface area (Å²) in [6.45, 7) is -2.95. The van der Waals surface area contributed by atoms with Crippen molar-refractivity contribution >= 4 is 9.84 Å². The Morgan fingerprint density at radius 2 is 2.00 bits per heavy atom. The van der Waals surface area contributed by atoms with Crippen molar-refractivity contribution in [3.8, 4) is 5.75 Å². The average Bonchev–Trinajstić information content (AvgIpc) is 2.01. The van der Waals surface area contributed by atoms with Crippen molar-refractivity contribution in [3.05, 3.63) is 24.3 Å². The van der Waals surface area contributed by atoms with E-state index >= 15 is 0 Å². The fourth-order valence-corrected chi connectivity index (χ4v) is 1.54. The molecule has 0 bridgehead atoms. The van der Waals surface area contributed by atoms with Crippen LogP contribution in [0.5, 0.6) is 5.75 Å². The molecule has 0 spiro atoms. The quantitative estimate of drug-likeness (QED) is 0.781. The molecule has 0 aliphatic rings. The van der Waals surface area contributed by atoms with E-state index in [1.807, 2.05) is 0 Å². The number of ether oxygens (including phenoxy) is 1. The number of alkyl halides is 2. The largest absolute Gasteiger partial charge is 0.435 e. The van der Waals surface area contributed by atoms with Gasteiger partial charge in [-0.15, -0.1) is 0 Å². The first kappa shape index (κ1) is 10.9. The molecule has 0 aromatic heterocycles. The highest BCUT2D eigenvalue weighted by Crippen LogP contribution is 2.18. The number of rotatable bonds is 3. The van der Waals surface area contributed by atoms with Crippen molar-refractivity contribution in [2.24, 2.45) is 0 Å². The monoisotopic (exact) mass is 222 g/mol. The van der Waals surface area contributed by atoms with E-state index < -0.39 is 16.4 Å². The van der Waals surface area contributed by atoms with Crippen LogP contribution in [0.4, 0.5) is 8.78 Å². The van der Waals surface area contributed by atoms with E-state index in [1.54, 1.807) is 0 Å². The van der Waals surface area contributed by atoms with Crippen LogP contribution in [-0.4, -0.2) is 21.3 Å². The predicted octanol–water partition coefficient (Wildman–Crippen LogP) is 1.69. The van der Waals surface area contributed by atoms with Crippen molar-refractivity contribution in [2.75, 3.05) is 6.26 Å². The van der Waals surface area contributed by atoms with E-state index in [1.165, 1.54) is 18.2 Å². The van der Waals surface area contributed by atoms with Gasteiger partial charge in [0.2, 0.25) is 0 Å². The molecule has 1 rings (SSSR count). The van der Waals surface area contributed by atoms with Crippen molar-refractivity contribution < 1.29 is 21.9 Å². The summed E-state index contributed by atoms with van der Waals surface area (Å²) >= 11 is 0. The summed E-state index contributed by atoms with van der Waals surface area (Å²) in [5.41, 5.74) is 0. The first-order chi connectivity index (χ1) is 6.39. The van der Waals surface area contributed by atoms with E-state index in [0.29, 0.717) is 0 Å². The lowest BCUT2D eigenvalue weighted by Gasteiger charge is -2.05. The Labute approximate surface area is 80.2 Å². The highest BCUT2D eigenvalue weighted by atomic mass is 32.2. The number of sulfone groups is 1. The van der Waals surface area contributed by atoms with Gasteiger partial charge in [-0.2, -0.15) is 8.78 Å². The van der Waals surface area contributed by atoms with E-state index in [-0.39, 0.29) is 10.6 Å². The normalized spacial score (nSPS) is 11.7. The Morgan fingerprint density at radius 1 is 1.36 bits per heavy atom. The standard InChI is InChI=1S/C8H8F2O3S/c1-14(11,12)7-4-2-3-6(5-7)13-8(9)10/h2-5,8H,1H3. The molecule has 0 heterocycles. The molecule has 0 radical (unpaired) electrons. The van der Waals surface area contributed by atoms with Crippen molar-refractivity contribution in [1.82, 2.24) is 0 Å². The minimum absolute atomic E-state index is 0.0457. The van der Waals surface area contributed by atoms with Gasteiger partial charge in [-0.25, -0.2) is 8.42 Å². The lowest BCUT2D eigenvalue weighted by Crippen LogP contribution is -2.03. The van der Waals surface area contributed by atoms with Crippen molar-refractivity contribution in [3.63, 3.8) is 0 Å². The van der Waals surface area contributed by atoms with Crippen LogP contribution in [0, 0.1) is 0 Å². The molecule has 1 aromatic rings. The van der Waals surface area contributed by atoms with Gasteiger partial charge in [0.1, 0.15) is 5.75 Å². The van der Waals surface area contributed by atoms with Crippen LogP contribution in [0.15, 0.2) is 29.2 Å². The van der Waals surface area contributed by atoms with Gasteiger partial charge >= 0.3 is 6.61 Å². The van der Waals surface area contributed by atoms with Crippen LogP contribution in [-0.2, 0) is 9.84 Å². The minimum Gasteiger partial charge on any atom is -0.435 e. The fourth-order valence-electron chi connectivity index (χ4n) is 0.881. The van der Waals surface area contributed by atoms with Crippen LogP contribution in [0.25, 0.3) is 0 Å². The number of benzene rings is 1. The molecule has 78 valence electrons. The zero-order valence-electron chi connectivity index (χ0n) is 7.28. The molecule has 6 heteroatoms. The van der Waals surface area contributed by atoms with Gasteiger partial charge in [-0.1, -0.05) is 6.07 Å². The zero-order valence-corrected chi connectivity index (χ0v) is 8.09. The zero-order chi connectivity index (χ0) is 10.8. The minimum atomic E-state index is -3.39. The number of hydrogen-bond acceptors (Lipinski definition) is 3. The first-order valence-electron chi connectivity index (χ1n) is 3.64. The van der Waals surface area contributed by atoms with Crippen LogP contribution < -0.4 is 4.74 Å². The third kappa shape index (κ3) is 2.95. The third-order valence-electron chi connectivity index (χ3n) is 1.46. The van der Waals surface area contributed by atoms with Gasteiger partial charge in [0.05, 0.1) is 4.90 Å². The van der Waals surface area contributed by atoms with E-state index in [0.717, 1.165) is 12.3 Å². The van der Waals surface area contributed by atoms with Gasteiger partial charge in [0.15, 0.2) is 9.84 Å². The Bertz CT molecular complexity index is 414. The summed E-state index contributed by atoms with van der Waals surface area (Å²) in [5.74, 6) is -0.164. The molecule has 0 saturated heterocycles. The fraction of sp³-hybridized carbons (Fsp3) is 0.250. The molecule has 14 heavy (non-hydrogen) atoms. The summed E-state index contributed by atoms with van der Waals surface area (Å²) in [6.07, 6.45) is 0.995. The van der Waals surface area contributed by atoms with Gasteiger partial charge < -0.3 is 4.74 Å². The Morgan fingerprint density at radius 3 is 2.50 bits per heavy atom. The summed E-state index contributed by atoms with van der Waals surface area (Å²) in [6, 6.07) is 4.98. The summed E-state index contributed by atoms with van der Waals surface area (Å²) < 4.78 is 49.7. The van der Waals surface area contributed by atoms with E-state index in [9.17, 15) is 17.2 Å². The Hall–Kier alpha value is -1.17. The molecule has 0 amide bonds. The van der Waals surface area contributed by atoms with E-state index in [2.05, 4.69) is 4.74 Å². The van der Waals surface area contributed by atoms with Gasteiger partial charge in [-0.3, -0.25) is 0 Å². The van der Waals surface area contributed by atoms with Crippen molar-refractivity contribution in [1.29, 1.82) is 0 Å². The highest BCUT2D eigenvalue weighted by Gasteiger charge is 2.10. The topological polar surface area (TPSA) is 43.4 Å². The predicted molar refractivity (Wildman–Crippen MR) is 46.2 cm³/mol. The van der Waals surface area contributed by atoms with Crippen LogP contribution in [0.3, 0.4) is 0 Å². The summed E-state index contributed by atoms with van der Waals surface area (Å²) in [7, 11) is -3.39. The molecule has 1 aromatic carbocycles. The molecular formula is C8H8F2O3S. The maximum atomic E-state index is 11.8. The second-order valence-corrected chi connectivity index (χ2v) is 4.64. The van der Waals surface area contributed by atoms with Crippen molar-refractivity contribution in [2.45, 2.75) is 11.5 Å². The Balaban J connectivity index is 3.02. The van der Waals surface area contributed by atoms with Gasteiger partial charge in [0.25, 0.3) is 0 Å². The molecule has 0 fully saturated rings. The molecule has 0 unspecified atom stereocenters. The lowest BCUT2D eigenvalue weighted by atomic mass is 10.3. The molecule has 0 N–H and O–H groups in total. The third-order valence-corrected chi connectivity index (χ3v) is 2.57. The number of hydrogen-bond donors (Lipinski definition) is 0. The van der Waals surface area contributed by atoms with Crippen LogP contribution >= 0.6 is 0 Å². The number of halogens is 2. The van der Waals surface area contributed by atoms with Crippen LogP contribution in [0.2, 0.25) is 0 Å². The highest BCUT2D eigenvalue weighted by molar-refractivity contribution is 7.90. The summed E-state index contributed by atoms with van der Waals surface area (Å²) in [5, 5.41) is 0.